The van der Waals surface area contributed by atoms with Crippen molar-refractivity contribution >= 4 is 23.1 Å². The lowest BCUT2D eigenvalue weighted by molar-refractivity contribution is -0.395. The Morgan fingerprint density at radius 2 is 1.15 bits per heavy atom. The van der Waals surface area contributed by atoms with Crippen molar-refractivity contribution in [3.63, 3.8) is 0 Å². The van der Waals surface area contributed by atoms with Gasteiger partial charge in [-0.2, -0.15) is 0 Å². The minimum absolute atomic E-state index is 0.104. The fourth-order valence-electron chi connectivity index (χ4n) is 4.08. The first kappa shape index (κ1) is 34.4. The lowest BCUT2D eigenvalue weighted by Crippen LogP contribution is -2.30. The first-order valence-corrected chi connectivity index (χ1v) is 13.6. The smallest absolute Gasteiger partial charge is 0.279 e. The summed E-state index contributed by atoms with van der Waals surface area (Å²) in [4.78, 5) is 45.0. The van der Waals surface area contributed by atoms with Crippen LogP contribution in [0.3, 0.4) is 0 Å². The van der Waals surface area contributed by atoms with Crippen LogP contribution < -0.4 is 5.32 Å². The Kier molecular flexibility index (Phi) is 12.2. The molecule has 9 heteroatoms. The van der Waals surface area contributed by atoms with Crippen LogP contribution in [-0.4, -0.2) is 27.6 Å². The van der Waals surface area contributed by atoms with Gasteiger partial charge >= 0.3 is 0 Å². The molecule has 0 saturated heterocycles. The van der Waals surface area contributed by atoms with Gasteiger partial charge in [0, 0.05) is 34.7 Å². The van der Waals surface area contributed by atoms with Gasteiger partial charge in [0.1, 0.15) is 0 Å². The molecule has 0 saturated carbocycles. The van der Waals surface area contributed by atoms with E-state index in [0.29, 0.717) is 47.4 Å². The number of nitrogens with one attached hydrogen (secondary N) is 1. The fraction of sp³-hybridized carbons (Fsp3) is 0.548. The molecule has 2 aromatic rings. The topological polar surface area (TPSA) is 132 Å². The second-order valence-corrected chi connectivity index (χ2v) is 13.3. The van der Waals surface area contributed by atoms with Crippen molar-refractivity contribution in [3.05, 3.63) is 78.9 Å². The minimum Gasteiger partial charge on any atom is -0.350 e. The van der Waals surface area contributed by atoms with Gasteiger partial charge in [0.2, 0.25) is 0 Å². The first-order valence-electron chi connectivity index (χ1n) is 13.6. The Morgan fingerprint density at radius 1 is 0.750 bits per heavy atom. The van der Waals surface area contributed by atoms with E-state index in [1.807, 2.05) is 69.2 Å². The highest BCUT2D eigenvalue weighted by molar-refractivity contribution is 5.98. The second-order valence-electron chi connectivity index (χ2n) is 13.3. The van der Waals surface area contributed by atoms with Crippen LogP contribution in [0.15, 0.2) is 36.4 Å². The minimum atomic E-state index is -0.533. The number of amides is 1. The van der Waals surface area contributed by atoms with E-state index in [9.17, 15) is 29.8 Å². The third-order valence-corrected chi connectivity index (χ3v) is 5.60. The van der Waals surface area contributed by atoms with Crippen LogP contribution in [0.25, 0.3) is 0 Å². The number of rotatable bonds is 9. The van der Waals surface area contributed by atoms with Crippen molar-refractivity contribution in [1.82, 2.24) is 5.32 Å². The summed E-state index contributed by atoms with van der Waals surface area (Å²) in [5, 5.41) is 25.3. The van der Waals surface area contributed by atoms with Crippen LogP contribution in [-0.2, 0) is 12.8 Å². The highest BCUT2D eigenvalue weighted by Crippen LogP contribution is 2.36. The number of nitro groups is 2. The molecule has 0 fully saturated rings. The molecule has 2 rings (SSSR count). The molecule has 0 bridgehead atoms. The molecule has 0 radical (unpaired) electrons. The predicted molar refractivity (Wildman–Crippen MR) is 159 cm³/mol. The van der Waals surface area contributed by atoms with E-state index < -0.39 is 9.85 Å². The molecule has 40 heavy (non-hydrogen) atoms. The van der Waals surface area contributed by atoms with Gasteiger partial charge < -0.3 is 5.32 Å². The third-order valence-electron chi connectivity index (χ3n) is 5.60. The number of hydrogen-bond donors (Lipinski definition) is 1. The Bertz CT molecular complexity index is 1110. The molecule has 0 aliphatic carbocycles. The van der Waals surface area contributed by atoms with E-state index in [0.717, 1.165) is 6.07 Å². The number of ketones is 1. The predicted octanol–water partition coefficient (Wildman–Crippen LogP) is 7.73. The number of hydrogen-bond acceptors (Lipinski definition) is 6. The number of nitrogens with zero attached hydrogens (tertiary/aromatic N) is 2. The van der Waals surface area contributed by atoms with Crippen LogP contribution in [0.4, 0.5) is 11.4 Å². The average Bonchev–Trinajstić information content (AvgIpc) is 2.76. The number of benzene rings is 2. The molecule has 0 atom stereocenters. The summed E-state index contributed by atoms with van der Waals surface area (Å²) in [7, 11) is 0. The Hall–Kier alpha value is -3.62. The van der Waals surface area contributed by atoms with Crippen LogP contribution in [0.2, 0.25) is 0 Å². The summed E-state index contributed by atoms with van der Waals surface area (Å²) in [5.41, 5.74) is 1.76. The fourth-order valence-corrected chi connectivity index (χ4v) is 4.08. The maximum Gasteiger partial charge on any atom is 0.279 e. The zero-order valence-electron chi connectivity index (χ0n) is 25.6. The molecule has 220 valence electrons. The first-order chi connectivity index (χ1) is 18.2. The molecule has 0 unspecified atom stereocenters. The molecular weight excluding hydrogens is 510 g/mol. The summed E-state index contributed by atoms with van der Waals surface area (Å²) in [6, 6.07) is 9.71. The maximum absolute atomic E-state index is 11.8. The molecular formula is C31H45N3O6. The normalized spacial score (nSPS) is 11.6. The molecule has 1 N–H and O–H groups in total. The van der Waals surface area contributed by atoms with E-state index >= 15 is 0 Å². The van der Waals surface area contributed by atoms with Crippen LogP contribution in [0, 0.1) is 37.0 Å². The second kappa shape index (κ2) is 14.1. The maximum atomic E-state index is 11.8. The summed E-state index contributed by atoms with van der Waals surface area (Å²) in [5.74, 6) is 0.370. The quantitative estimate of drug-likeness (QED) is 0.191. The molecule has 2 aromatic carbocycles. The molecule has 0 aliphatic heterocycles. The zero-order chi connectivity index (χ0) is 31.0. The Balaban J connectivity index is 0.000000408. The van der Waals surface area contributed by atoms with Crippen molar-refractivity contribution in [2.45, 2.75) is 94.5 Å². The van der Waals surface area contributed by atoms with E-state index in [2.05, 4.69) is 5.32 Å². The van der Waals surface area contributed by atoms with Gasteiger partial charge in [-0.25, -0.2) is 0 Å². The van der Waals surface area contributed by atoms with Gasteiger partial charge in [0.15, 0.2) is 5.78 Å². The van der Waals surface area contributed by atoms with Gasteiger partial charge in [0.05, 0.1) is 15.9 Å². The Morgan fingerprint density at radius 3 is 1.48 bits per heavy atom. The van der Waals surface area contributed by atoms with E-state index in [1.54, 1.807) is 30.3 Å². The van der Waals surface area contributed by atoms with E-state index in [4.69, 9.17) is 0 Å². The SMILES string of the molecule is CC(C)(C)Cc1cc(CC(C)(C)C)c([N+](=O)[O-])cc1[N+](=O)[O-].CC(C)CC(=O)c1ccc(C(=O)NC(C)C)cc1. The number of carbonyl (C=O) groups is 2. The van der Waals surface area contributed by atoms with Crippen LogP contribution in [0.5, 0.6) is 0 Å². The van der Waals surface area contributed by atoms with Crippen LogP contribution in [0.1, 0.15) is 108 Å². The van der Waals surface area contributed by atoms with E-state index in [1.165, 1.54) is 0 Å². The standard InChI is InChI=1S/C16H24N2O4.C15H21NO2/c1-15(2,3)9-11-7-12(10-16(4,5)6)14(18(21)22)8-13(11)17(19)20;1-10(2)9-14(17)12-5-7-13(8-6-12)15(18)16-11(3)4/h7-8H,9-10H2,1-6H3;5-8,10-11H,9H2,1-4H3,(H,16,18). The summed E-state index contributed by atoms with van der Waals surface area (Å²) in [6.07, 6.45) is 1.54. The van der Waals surface area contributed by atoms with Gasteiger partial charge in [-0.1, -0.05) is 67.5 Å². The molecule has 9 nitrogen and oxygen atoms in total. The summed E-state index contributed by atoms with van der Waals surface area (Å²) in [6.45, 7) is 19.8. The Labute approximate surface area is 238 Å². The van der Waals surface area contributed by atoms with Gasteiger partial charge in [0.25, 0.3) is 17.3 Å². The van der Waals surface area contributed by atoms with Gasteiger partial charge in [-0.05, 0) is 61.6 Å². The zero-order valence-corrected chi connectivity index (χ0v) is 25.6. The van der Waals surface area contributed by atoms with Crippen molar-refractivity contribution < 1.29 is 19.4 Å². The molecule has 0 spiro atoms. The number of carbonyl (C=O) groups excluding carboxylic acids is 2. The van der Waals surface area contributed by atoms with Crippen molar-refractivity contribution in [3.8, 4) is 0 Å². The van der Waals surface area contributed by atoms with Crippen molar-refractivity contribution in [1.29, 1.82) is 0 Å². The van der Waals surface area contributed by atoms with Crippen molar-refractivity contribution in [2.75, 3.05) is 0 Å². The van der Waals surface area contributed by atoms with Crippen LogP contribution >= 0.6 is 0 Å². The lowest BCUT2D eigenvalue weighted by Gasteiger charge is -2.21. The van der Waals surface area contributed by atoms with E-state index in [-0.39, 0.29) is 39.9 Å². The summed E-state index contributed by atoms with van der Waals surface area (Å²) < 4.78 is 0. The van der Waals surface area contributed by atoms with Gasteiger partial charge in [-0.3, -0.25) is 29.8 Å². The monoisotopic (exact) mass is 555 g/mol. The lowest BCUT2D eigenvalue weighted by atomic mass is 9.83. The van der Waals surface area contributed by atoms with Crippen molar-refractivity contribution in [2.24, 2.45) is 16.7 Å². The molecule has 0 aliphatic rings. The highest BCUT2D eigenvalue weighted by Gasteiger charge is 2.28. The largest absolute Gasteiger partial charge is 0.350 e. The molecule has 0 aromatic heterocycles. The average molecular weight is 556 g/mol. The van der Waals surface area contributed by atoms with Gasteiger partial charge in [-0.15, -0.1) is 0 Å². The third kappa shape index (κ3) is 12.1. The highest BCUT2D eigenvalue weighted by atomic mass is 16.6. The molecule has 1 amide bonds. The molecule has 0 heterocycles. The number of Topliss-reactive ketones (excluding diaryl/α,β-unsaturated/α-hetero) is 1. The number of nitro benzene ring substituents is 2. The summed E-state index contributed by atoms with van der Waals surface area (Å²) >= 11 is 0.